The number of amides is 2. The number of rotatable bonds is 5. The summed E-state index contributed by atoms with van der Waals surface area (Å²) in [5, 5.41) is 11.8. The summed E-state index contributed by atoms with van der Waals surface area (Å²) in [5.41, 5.74) is 0.449. The van der Waals surface area contributed by atoms with Gasteiger partial charge in [-0.25, -0.2) is 0 Å². The number of fused-ring (bicyclic) bond motifs is 4. The smallest absolute Gasteiger partial charge is 0.234 e. The fourth-order valence-electron chi connectivity index (χ4n) is 9.01. The molecule has 1 aliphatic heterocycles. The van der Waals surface area contributed by atoms with Crippen LogP contribution < -0.4 is 9.47 Å². The van der Waals surface area contributed by atoms with Crippen molar-refractivity contribution in [3.05, 3.63) is 107 Å². The van der Waals surface area contributed by atoms with Crippen molar-refractivity contribution in [3.8, 4) is 17.2 Å². The molecule has 7 rings (SSSR count). The third-order valence-corrected chi connectivity index (χ3v) is 10.9. The van der Waals surface area contributed by atoms with Gasteiger partial charge in [-0.05, 0) is 56.7 Å². The standard InChI is InChI=1S/C40H39NO7/c1-39(2,3)41-37(45)26-17-16-25-28(33(26)38(41)46)20-29-36(44)27(22-12-8-6-9-13-22)21-32(43)40(29,23-14-10-7-11-15-23)35(25)34-30(42)18-24(47-4)19-31(34)48-5/h6-16,18-19,21,26,28-29,33,35,42H,17,20H2,1-5H3. The van der Waals surface area contributed by atoms with E-state index in [1.54, 1.807) is 6.07 Å². The number of ketones is 2. The Kier molecular flexibility index (Phi) is 7.46. The molecule has 2 amide bonds. The Balaban J connectivity index is 1.55. The molecular formula is C40H39NO7. The van der Waals surface area contributed by atoms with Crippen LogP contribution in [0.1, 0.15) is 56.2 Å². The summed E-state index contributed by atoms with van der Waals surface area (Å²) in [6.45, 7) is 5.54. The molecule has 1 N–H and O–H groups in total. The summed E-state index contributed by atoms with van der Waals surface area (Å²) in [5.74, 6) is -4.14. The Morgan fingerprint density at radius 1 is 0.854 bits per heavy atom. The Bertz CT molecular complexity index is 1900. The van der Waals surface area contributed by atoms with Crippen molar-refractivity contribution >= 4 is 29.0 Å². The van der Waals surface area contributed by atoms with Gasteiger partial charge in [-0.15, -0.1) is 0 Å². The lowest BCUT2D eigenvalue weighted by Crippen LogP contribution is -2.59. The first-order chi connectivity index (χ1) is 22.9. The number of allylic oxidation sites excluding steroid dienone is 4. The van der Waals surface area contributed by atoms with Crippen LogP contribution in [-0.4, -0.2) is 53.1 Å². The minimum atomic E-state index is -1.49. The van der Waals surface area contributed by atoms with E-state index in [4.69, 9.17) is 9.47 Å². The molecule has 3 aliphatic carbocycles. The van der Waals surface area contributed by atoms with Gasteiger partial charge >= 0.3 is 0 Å². The number of carbonyl (C=O) groups excluding carboxylic acids is 4. The molecule has 0 radical (unpaired) electrons. The van der Waals surface area contributed by atoms with Crippen LogP contribution in [0.2, 0.25) is 0 Å². The molecule has 1 saturated heterocycles. The van der Waals surface area contributed by atoms with E-state index in [1.807, 2.05) is 87.5 Å². The number of likely N-dealkylation sites (tertiary alicyclic amines) is 1. The van der Waals surface area contributed by atoms with Gasteiger partial charge in [-0.3, -0.25) is 24.1 Å². The van der Waals surface area contributed by atoms with Gasteiger partial charge in [-0.2, -0.15) is 0 Å². The molecule has 8 heteroatoms. The summed E-state index contributed by atoms with van der Waals surface area (Å²) in [4.78, 5) is 59.7. The second-order valence-electron chi connectivity index (χ2n) is 14.2. The van der Waals surface area contributed by atoms with Crippen LogP contribution in [0.3, 0.4) is 0 Å². The number of carbonyl (C=O) groups is 4. The lowest BCUT2D eigenvalue weighted by atomic mass is 9.44. The number of hydrogen-bond acceptors (Lipinski definition) is 7. The van der Waals surface area contributed by atoms with E-state index >= 15 is 9.59 Å². The molecule has 2 fully saturated rings. The molecule has 1 heterocycles. The van der Waals surface area contributed by atoms with Crippen LogP contribution in [0.25, 0.3) is 5.57 Å². The SMILES string of the molecule is COc1cc(O)c(C2C3=CCC4C(=O)N(C(C)(C)C)C(=O)C4C3CC3C(=O)C(c4ccccc4)=CC(=O)C32c2ccccc2)c(OC)c1. The molecule has 246 valence electrons. The Morgan fingerprint density at radius 2 is 1.52 bits per heavy atom. The molecule has 0 aromatic heterocycles. The van der Waals surface area contributed by atoms with Gasteiger partial charge in [0.25, 0.3) is 0 Å². The number of benzene rings is 3. The van der Waals surface area contributed by atoms with Gasteiger partial charge in [-0.1, -0.05) is 72.3 Å². The van der Waals surface area contributed by atoms with E-state index in [2.05, 4.69) is 0 Å². The van der Waals surface area contributed by atoms with Crippen molar-refractivity contribution < 1.29 is 33.8 Å². The fourth-order valence-corrected chi connectivity index (χ4v) is 9.01. The minimum Gasteiger partial charge on any atom is -0.507 e. The summed E-state index contributed by atoms with van der Waals surface area (Å²) >= 11 is 0. The first-order valence-corrected chi connectivity index (χ1v) is 16.4. The highest BCUT2D eigenvalue weighted by molar-refractivity contribution is 6.31. The second-order valence-corrected chi connectivity index (χ2v) is 14.2. The number of aromatic hydroxyl groups is 1. The first kappa shape index (κ1) is 31.6. The Labute approximate surface area is 280 Å². The van der Waals surface area contributed by atoms with E-state index in [1.165, 1.54) is 31.3 Å². The average molecular weight is 646 g/mol. The van der Waals surface area contributed by atoms with Crippen molar-refractivity contribution in [2.45, 2.75) is 50.5 Å². The van der Waals surface area contributed by atoms with Crippen molar-refractivity contribution in [2.24, 2.45) is 23.7 Å². The number of methoxy groups -OCH3 is 2. The Hall–Kier alpha value is -4.98. The Morgan fingerprint density at radius 3 is 2.15 bits per heavy atom. The molecule has 4 aliphatic rings. The molecular weight excluding hydrogens is 606 g/mol. The van der Waals surface area contributed by atoms with Gasteiger partial charge in [0.1, 0.15) is 17.2 Å². The quantitative estimate of drug-likeness (QED) is 0.267. The molecule has 6 unspecified atom stereocenters. The predicted molar refractivity (Wildman–Crippen MR) is 179 cm³/mol. The zero-order valence-electron chi connectivity index (χ0n) is 27.7. The van der Waals surface area contributed by atoms with Crippen molar-refractivity contribution in [1.29, 1.82) is 0 Å². The van der Waals surface area contributed by atoms with E-state index in [9.17, 15) is 14.7 Å². The van der Waals surface area contributed by atoms with Crippen LogP contribution in [0.5, 0.6) is 17.2 Å². The summed E-state index contributed by atoms with van der Waals surface area (Å²) in [6, 6.07) is 21.5. The highest BCUT2D eigenvalue weighted by Gasteiger charge is 2.67. The maximum atomic E-state index is 15.2. The number of ether oxygens (including phenoxy) is 2. The fraction of sp³-hybridized carbons (Fsp3) is 0.350. The number of imide groups is 1. The third kappa shape index (κ3) is 4.41. The van der Waals surface area contributed by atoms with Crippen LogP contribution in [0.4, 0.5) is 0 Å². The first-order valence-electron chi connectivity index (χ1n) is 16.4. The van der Waals surface area contributed by atoms with E-state index in [0.717, 1.165) is 5.57 Å². The van der Waals surface area contributed by atoms with Gasteiger partial charge in [0.2, 0.25) is 11.8 Å². The maximum absolute atomic E-state index is 15.2. The van der Waals surface area contributed by atoms with Crippen molar-refractivity contribution in [1.82, 2.24) is 4.90 Å². The predicted octanol–water partition coefficient (Wildman–Crippen LogP) is 6.03. The second kappa shape index (κ2) is 11.3. The van der Waals surface area contributed by atoms with Crippen LogP contribution >= 0.6 is 0 Å². The molecule has 48 heavy (non-hydrogen) atoms. The number of hydrogen-bond donors (Lipinski definition) is 1. The molecule has 0 bridgehead atoms. The number of Topliss-reactive ketones (excluding diaryl/α,β-unsaturated/α-hetero) is 1. The molecule has 3 aromatic carbocycles. The zero-order valence-corrected chi connectivity index (χ0v) is 27.7. The topological polar surface area (TPSA) is 110 Å². The van der Waals surface area contributed by atoms with E-state index in [0.29, 0.717) is 34.4 Å². The van der Waals surface area contributed by atoms with E-state index < -0.39 is 40.5 Å². The van der Waals surface area contributed by atoms with Gasteiger partial charge in [0.05, 0.1) is 31.5 Å². The van der Waals surface area contributed by atoms with Gasteiger partial charge in [0.15, 0.2) is 11.6 Å². The number of phenolic OH excluding ortho intramolecular Hbond substituents is 1. The summed E-state index contributed by atoms with van der Waals surface area (Å²) < 4.78 is 11.4. The van der Waals surface area contributed by atoms with Crippen LogP contribution in [0, 0.1) is 23.7 Å². The van der Waals surface area contributed by atoms with Crippen LogP contribution in [-0.2, 0) is 24.6 Å². The van der Waals surface area contributed by atoms with E-state index in [-0.39, 0.29) is 41.3 Å². The van der Waals surface area contributed by atoms with Gasteiger partial charge < -0.3 is 14.6 Å². The monoisotopic (exact) mass is 645 g/mol. The third-order valence-electron chi connectivity index (χ3n) is 10.9. The average Bonchev–Trinajstić information content (AvgIpc) is 3.35. The maximum Gasteiger partial charge on any atom is 0.234 e. The van der Waals surface area contributed by atoms with Crippen molar-refractivity contribution in [2.75, 3.05) is 14.2 Å². The highest BCUT2D eigenvalue weighted by Crippen LogP contribution is 2.65. The lowest BCUT2D eigenvalue weighted by molar-refractivity contribution is -0.145. The zero-order chi connectivity index (χ0) is 34.1. The number of phenols is 1. The highest BCUT2D eigenvalue weighted by atomic mass is 16.5. The minimum absolute atomic E-state index is 0.155. The molecule has 1 saturated carbocycles. The summed E-state index contributed by atoms with van der Waals surface area (Å²) in [6.07, 6.45) is 3.92. The van der Waals surface area contributed by atoms with Crippen molar-refractivity contribution in [3.63, 3.8) is 0 Å². The molecule has 8 nitrogen and oxygen atoms in total. The van der Waals surface area contributed by atoms with Gasteiger partial charge in [0, 0.05) is 40.6 Å². The number of nitrogens with zero attached hydrogens (tertiary/aromatic N) is 1. The molecule has 3 aromatic rings. The molecule has 6 atom stereocenters. The summed E-state index contributed by atoms with van der Waals surface area (Å²) in [7, 11) is 2.97. The molecule has 0 spiro atoms. The van der Waals surface area contributed by atoms with Crippen LogP contribution in [0.15, 0.2) is 90.5 Å². The normalized spacial score (nSPS) is 28.3. The lowest BCUT2D eigenvalue weighted by Gasteiger charge is -2.55. The largest absolute Gasteiger partial charge is 0.507 e.